The lowest BCUT2D eigenvalue weighted by Crippen LogP contribution is -2.57. The SMILES string of the molecule is CN1CCN(Cc2ccc(-c3ccc(C[C@H](C#N)NC(=O)C4(N)CCCCC4)cc3)cc2)CC1. The highest BCUT2D eigenvalue weighted by molar-refractivity contribution is 5.86. The van der Waals surface area contributed by atoms with E-state index in [1.165, 1.54) is 11.1 Å². The van der Waals surface area contributed by atoms with Gasteiger partial charge in [-0.25, -0.2) is 0 Å². The van der Waals surface area contributed by atoms with Crippen LogP contribution in [-0.4, -0.2) is 60.5 Å². The number of carbonyl (C=O) groups is 1. The van der Waals surface area contributed by atoms with Gasteiger partial charge in [0.15, 0.2) is 0 Å². The molecule has 180 valence electrons. The Kier molecular flexibility index (Phi) is 7.99. The third kappa shape index (κ3) is 6.24. The lowest BCUT2D eigenvalue weighted by Gasteiger charge is -2.32. The summed E-state index contributed by atoms with van der Waals surface area (Å²) in [7, 11) is 2.18. The van der Waals surface area contributed by atoms with Gasteiger partial charge in [0.2, 0.25) is 5.91 Å². The summed E-state index contributed by atoms with van der Waals surface area (Å²) in [6.45, 7) is 5.51. The lowest BCUT2D eigenvalue weighted by atomic mass is 9.81. The minimum Gasteiger partial charge on any atom is -0.338 e. The number of hydrogen-bond donors (Lipinski definition) is 2. The van der Waals surface area contributed by atoms with Gasteiger partial charge in [-0.3, -0.25) is 9.69 Å². The lowest BCUT2D eigenvalue weighted by molar-refractivity contribution is -0.127. The Bertz CT molecular complexity index is 981. The number of nitrogens with zero attached hydrogens (tertiary/aromatic N) is 3. The minimum absolute atomic E-state index is 0.188. The Morgan fingerprint density at radius 1 is 0.971 bits per heavy atom. The fourth-order valence-corrected chi connectivity index (χ4v) is 4.98. The van der Waals surface area contributed by atoms with Gasteiger partial charge < -0.3 is 16.0 Å². The summed E-state index contributed by atoms with van der Waals surface area (Å²) in [5.41, 5.74) is 10.2. The molecule has 1 aliphatic carbocycles. The number of benzene rings is 2. The number of piperazine rings is 1. The number of amides is 1. The zero-order chi connectivity index (χ0) is 24.0. The van der Waals surface area contributed by atoms with Crippen molar-refractivity contribution in [1.82, 2.24) is 15.1 Å². The van der Waals surface area contributed by atoms with Gasteiger partial charge >= 0.3 is 0 Å². The van der Waals surface area contributed by atoms with Crippen molar-refractivity contribution in [1.29, 1.82) is 5.26 Å². The van der Waals surface area contributed by atoms with Crippen LogP contribution in [-0.2, 0) is 17.8 Å². The zero-order valence-corrected chi connectivity index (χ0v) is 20.3. The third-order valence-corrected chi connectivity index (χ3v) is 7.34. The van der Waals surface area contributed by atoms with Gasteiger partial charge in [-0.2, -0.15) is 5.26 Å². The van der Waals surface area contributed by atoms with Gasteiger partial charge in [-0.1, -0.05) is 67.8 Å². The van der Waals surface area contributed by atoms with Crippen molar-refractivity contribution in [2.45, 2.75) is 56.7 Å². The van der Waals surface area contributed by atoms with E-state index in [-0.39, 0.29) is 5.91 Å². The number of hydrogen-bond acceptors (Lipinski definition) is 5. The van der Waals surface area contributed by atoms with Crippen LogP contribution in [0.3, 0.4) is 0 Å². The predicted molar refractivity (Wildman–Crippen MR) is 136 cm³/mol. The molecule has 1 amide bonds. The molecule has 2 fully saturated rings. The Morgan fingerprint density at radius 3 is 2.09 bits per heavy atom. The van der Waals surface area contributed by atoms with Crippen molar-refractivity contribution >= 4 is 5.91 Å². The van der Waals surface area contributed by atoms with E-state index in [1.807, 2.05) is 12.1 Å². The van der Waals surface area contributed by atoms with Crippen LogP contribution in [0.1, 0.15) is 43.2 Å². The number of nitriles is 1. The van der Waals surface area contributed by atoms with Crippen LogP contribution in [0.4, 0.5) is 0 Å². The normalized spacial score (nSPS) is 19.8. The molecule has 1 saturated heterocycles. The quantitative estimate of drug-likeness (QED) is 0.664. The molecule has 0 aromatic heterocycles. The standard InChI is InChI=1S/C28H37N5O/c1-32-15-17-33(18-16-32)21-23-7-11-25(12-8-23)24-9-5-22(6-10-24)19-26(20-29)31-27(34)28(30)13-3-2-4-14-28/h5-12,26H,2-4,13-19,21,30H2,1H3,(H,31,34)/t26-/m1/s1. The number of rotatable bonds is 7. The van der Waals surface area contributed by atoms with E-state index in [2.05, 4.69) is 64.6 Å². The van der Waals surface area contributed by atoms with Crippen molar-refractivity contribution in [3.63, 3.8) is 0 Å². The monoisotopic (exact) mass is 459 g/mol. The largest absolute Gasteiger partial charge is 0.338 e. The first-order valence-corrected chi connectivity index (χ1v) is 12.5. The summed E-state index contributed by atoms with van der Waals surface area (Å²) in [5.74, 6) is -0.188. The first-order chi connectivity index (χ1) is 16.4. The Morgan fingerprint density at radius 2 is 1.53 bits per heavy atom. The molecule has 4 rings (SSSR count). The summed E-state index contributed by atoms with van der Waals surface area (Å²) < 4.78 is 0. The molecule has 1 aliphatic heterocycles. The van der Waals surface area contributed by atoms with E-state index in [4.69, 9.17) is 5.73 Å². The molecule has 34 heavy (non-hydrogen) atoms. The highest BCUT2D eigenvalue weighted by atomic mass is 16.2. The summed E-state index contributed by atoms with van der Waals surface area (Å²) in [5, 5.41) is 12.5. The maximum atomic E-state index is 12.7. The minimum atomic E-state index is -0.826. The number of likely N-dealkylation sites (N-methyl/N-ethyl adjacent to an activating group) is 1. The van der Waals surface area contributed by atoms with Gasteiger partial charge in [-0.15, -0.1) is 0 Å². The van der Waals surface area contributed by atoms with Gasteiger partial charge in [0.25, 0.3) is 0 Å². The van der Waals surface area contributed by atoms with E-state index in [0.29, 0.717) is 19.3 Å². The molecule has 0 spiro atoms. The molecule has 2 aromatic carbocycles. The van der Waals surface area contributed by atoms with E-state index >= 15 is 0 Å². The smallest absolute Gasteiger partial charge is 0.241 e. The van der Waals surface area contributed by atoms with Crippen LogP contribution >= 0.6 is 0 Å². The van der Waals surface area contributed by atoms with Crippen LogP contribution in [0, 0.1) is 11.3 Å². The average molecular weight is 460 g/mol. The second kappa shape index (κ2) is 11.1. The molecule has 6 heteroatoms. The van der Waals surface area contributed by atoms with E-state index in [1.54, 1.807) is 0 Å². The molecule has 6 nitrogen and oxygen atoms in total. The molecule has 2 aromatic rings. The van der Waals surface area contributed by atoms with Crippen LogP contribution < -0.4 is 11.1 Å². The van der Waals surface area contributed by atoms with E-state index in [0.717, 1.165) is 63.1 Å². The van der Waals surface area contributed by atoms with Gasteiger partial charge in [0.05, 0.1) is 11.6 Å². The molecule has 1 atom stereocenters. The summed E-state index contributed by atoms with van der Waals surface area (Å²) >= 11 is 0. The maximum absolute atomic E-state index is 12.7. The zero-order valence-electron chi connectivity index (χ0n) is 20.3. The molecular weight excluding hydrogens is 422 g/mol. The number of nitrogens with one attached hydrogen (secondary N) is 1. The van der Waals surface area contributed by atoms with Gasteiger partial charge in [0, 0.05) is 39.1 Å². The topological polar surface area (TPSA) is 85.4 Å². The van der Waals surface area contributed by atoms with Crippen LogP contribution in [0.25, 0.3) is 11.1 Å². The van der Waals surface area contributed by atoms with Crippen molar-refractivity contribution in [3.05, 3.63) is 59.7 Å². The number of nitrogens with two attached hydrogens (primary N) is 1. The third-order valence-electron chi connectivity index (χ3n) is 7.34. The van der Waals surface area contributed by atoms with Crippen molar-refractivity contribution in [2.75, 3.05) is 33.2 Å². The first-order valence-electron chi connectivity index (χ1n) is 12.5. The van der Waals surface area contributed by atoms with Crippen molar-refractivity contribution < 1.29 is 4.79 Å². The molecule has 2 aliphatic rings. The molecule has 0 unspecified atom stereocenters. The van der Waals surface area contributed by atoms with Crippen LogP contribution in [0.15, 0.2) is 48.5 Å². The van der Waals surface area contributed by atoms with Crippen molar-refractivity contribution in [3.8, 4) is 17.2 Å². The molecule has 1 heterocycles. The summed E-state index contributed by atoms with van der Waals surface area (Å²) in [6, 6.07) is 18.7. The Hall–Kier alpha value is -2.72. The summed E-state index contributed by atoms with van der Waals surface area (Å²) in [6.07, 6.45) is 4.93. The summed E-state index contributed by atoms with van der Waals surface area (Å²) in [4.78, 5) is 17.6. The molecule has 1 saturated carbocycles. The van der Waals surface area contributed by atoms with Gasteiger partial charge in [-0.05, 0) is 42.1 Å². The predicted octanol–water partition coefficient (Wildman–Crippen LogP) is 3.31. The highest BCUT2D eigenvalue weighted by Crippen LogP contribution is 2.26. The van der Waals surface area contributed by atoms with E-state index in [9.17, 15) is 10.1 Å². The van der Waals surface area contributed by atoms with Crippen LogP contribution in [0.5, 0.6) is 0 Å². The molecule has 0 bridgehead atoms. The Labute approximate surface area is 203 Å². The molecule has 3 N–H and O–H groups in total. The maximum Gasteiger partial charge on any atom is 0.241 e. The molecular formula is C28H37N5O. The number of carbonyl (C=O) groups excluding carboxylic acids is 1. The second-order valence-corrected chi connectivity index (χ2v) is 10.0. The van der Waals surface area contributed by atoms with E-state index < -0.39 is 11.6 Å². The van der Waals surface area contributed by atoms with Gasteiger partial charge in [0.1, 0.15) is 6.04 Å². The van der Waals surface area contributed by atoms with Crippen molar-refractivity contribution in [2.24, 2.45) is 5.73 Å². The molecule has 0 radical (unpaired) electrons. The fraction of sp³-hybridized carbons (Fsp3) is 0.500. The first kappa shape index (κ1) is 24.4. The Balaban J connectivity index is 1.32. The fourth-order valence-electron chi connectivity index (χ4n) is 4.98. The second-order valence-electron chi connectivity index (χ2n) is 10.0. The highest BCUT2D eigenvalue weighted by Gasteiger charge is 2.36. The average Bonchev–Trinajstić information content (AvgIpc) is 2.86. The van der Waals surface area contributed by atoms with Crippen LogP contribution in [0.2, 0.25) is 0 Å².